The lowest BCUT2D eigenvalue weighted by atomic mass is 10.1. The van der Waals surface area contributed by atoms with Crippen LogP contribution in [0.25, 0.3) is 0 Å². The molecular formula is C15H23NO3S. The van der Waals surface area contributed by atoms with Gasteiger partial charge in [-0.15, -0.1) is 0 Å². The van der Waals surface area contributed by atoms with Crippen molar-refractivity contribution in [3.8, 4) is 0 Å². The van der Waals surface area contributed by atoms with E-state index in [2.05, 4.69) is 4.72 Å². The van der Waals surface area contributed by atoms with E-state index in [9.17, 15) is 13.5 Å². The van der Waals surface area contributed by atoms with Crippen molar-refractivity contribution in [2.45, 2.75) is 38.2 Å². The molecule has 0 saturated heterocycles. The molecular weight excluding hydrogens is 274 g/mol. The van der Waals surface area contributed by atoms with Crippen LogP contribution < -0.4 is 4.72 Å². The Morgan fingerprint density at radius 2 is 1.85 bits per heavy atom. The molecule has 1 unspecified atom stereocenters. The van der Waals surface area contributed by atoms with Gasteiger partial charge in [-0.05, 0) is 30.7 Å². The van der Waals surface area contributed by atoms with Gasteiger partial charge < -0.3 is 5.11 Å². The SMILES string of the molecule is O=S(=O)(CC1CCCC1)NCC(O)Cc1ccccc1. The molecule has 0 heterocycles. The van der Waals surface area contributed by atoms with Crippen LogP contribution >= 0.6 is 0 Å². The normalized spacial score (nSPS) is 18.2. The van der Waals surface area contributed by atoms with Crippen molar-refractivity contribution >= 4 is 10.0 Å². The average Bonchev–Trinajstić information content (AvgIpc) is 2.90. The van der Waals surface area contributed by atoms with Gasteiger partial charge in [-0.1, -0.05) is 43.2 Å². The summed E-state index contributed by atoms with van der Waals surface area (Å²) in [5.74, 6) is 0.490. The summed E-state index contributed by atoms with van der Waals surface area (Å²) in [4.78, 5) is 0. The lowest BCUT2D eigenvalue weighted by Crippen LogP contribution is -2.36. The first-order valence-electron chi connectivity index (χ1n) is 7.24. The summed E-state index contributed by atoms with van der Waals surface area (Å²) in [6.07, 6.45) is 4.07. The van der Waals surface area contributed by atoms with Gasteiger partial charge in [0.05, 0.1) is 11.9 Å². The van der Waals surface area contributed by atoms with E-state index in [1.54, 1.807) is 0 Å². The number of hydrogen-bond donors (Lipinski definition) is 2. The van der Waals surface area contributed by atoms with Gasteiger partial charge in [0.1, 0.15) is 0 Å². The van der Waals surface area contributed by atoms with Gasteiger partial charge in [-0.2, -0.15) is 0 Å². The minimum atomic E-state index is -3.26. The Hall–Kier alpha value is -0.910. The Balaban J connectivity index is 1.75. The molecule has 1 fully saturated rings. The maximum Gasteiger partial charge on any atom is 0.211 e. The molecule has 1 atom stereocenters. The third-order valence-corrected chi connectivity index (χ3v) is 5.30. The molecule has 4 nitrogen and oxygen atoms in total. The summed E-state index contributed by atoms with van der Waals surface area (Å²) >= 11 is 0. The fourth-order valence-corrected chi connectivity index (χ4v) is 4.25. The zero-order valence-electron chi connectivity index (χ0n) is 11.7. The van der Waals surface area contributed by atoms with Crippen LogP contribution in [-0.2, 0) is 16.4 Å². The molecule has 112 valence electrons. The van der Waals surface area contributed by atoms with E-state index in [1.807, 2.05) is 30.3 Å². The highest BCUT2D eigenvalue weighted by Crippen LogP contribution is 2.25. The zero-order chi connectivity index (χ0) is 14.4. The quantitative estimate of drug-likeness (QED) is 0.805. The fraction of sp³-hybridized carbons (Fsp3) is 0.600. The topological polar surface area (TPSA) is 66.4 Å². The zero-order valence-corrected chi connectivity index (χ0v) is 12.5. The minimum Gasteiger partial charge on any atom is -0.391 e. The van der Waals surface area contributed by atoms with Crippen molar-refractivity contribution in [3.63, 3.8) is 0 Å². The molecule has 0 amide bonds. The van der Waals surface area contributed by atoms with Crippen molar-refractivity contribution in [3.05, 3.63) is 35.9 Å². The molecule has 2 N–H and O–H groups in total. The summed E-state index contributed by atoms with van der Waals surface area (Å²) in [5.41, 5.74) is 1.01. The first kappa shape index (κ1) is 15.5. The highest BCUT2D eigenvalue weighted by atomic mass is 32.2. The average molecular weight is 297 g/mol. The van der Waals surface area contributed by atoms with E-state index in [4.69, 9.17) is 0 Å². The largest absolute Gasteiger partial charge is 0.391 e. The van der Waals surface area contributed by atoms with E-state index < -0.39 is 16.1 Å². The number of aliphatic hydroxyl groups excluding tert-OH is 1. The summed E-state index contributed by atoms with van der Waals surface area (Å²) in [5, 5.41) is 9.90. The standard InChI is InChI=1S/C15H23NO3S/c17-15(10-13-6-2-1-3-7-13)11-16-20(18,19)12-14-8-4-5-9-14/h1-3,6-7,14-17H,4-5,8-12H2. The van der Waals surface area contributed by atoms with E-state index in [0.717, 1.165) is 31.2 Å². The Kier molecular flexibility index (Phi) is 5.57. The van der Waals surface area contributed by atoms with Gasteiger partial charge in [-0.25, -0.2) is 13.1 Å². The van der Waals surface area contributed by atoms with E-state index in [0.29, 0.717) is 12.3 Å². The van der Waals surface area contributed by atoms with Crippen LogP contribution in [0.5, 0.6) is 0 Å². The van der Waals surface area contributed by atoms with Crippen molar-refractivity contribution in [2.75, 3.05) is 12.3 Å². The van der Waals surface area contributed by atoms with Gasteiger partial charge in [0.25, 0.3) is 0 Å². The summed E-state index contributed by atoms with van der Waals surface area (Å²) in [7, 11) is -3.26. The van der Waals surface area contributed by atoms with Crippen LogP contribution in [-0.4, -0.2) is 31.9 Å². The number of nitrogens with one attached hydrogen (secondary N) is 1. The van der Waals surface area contributed by atoms with Crippen LogP contribution in [0.1, 0.15) is 31.2 Å². The number of aliphatic hydroxyl groups is 1. The van der Waals surface area contributed by atoms with E-state index in [-0.39, 0.29) is 12.3 Å². The molecule has 0 aliphatic heterocycles. The maximum absolute atomic E-state index is 11.9. The van der Waals surface area contributed by atoms with Crippen LogP contribution in [0.15, 0.2) is 30.3 Å². The van der Waals surface area contributed by atoms with Gasteiger partial charge >= 0.3 is 0 Å². The van der Waals surface area contributed by atoms with Crippen molar-refractivity contribution in [1.29, 1.82) is 0 Å². The molecule has 1 aromatic rings. The first-order valence-corrected chi connectivity index (χ1v) is 8.90. The second-order valence-electron chi connectivity index (χ2n) is 5.62. The van der Waals surface area contributed by atoms with Crippen LogP contribution in [0, 0.1) is 5.92 Å². The summed E-state index contributed by atoms with van der Waals surface area (Å²) in [6, 6.07) is 9.59. The van der Waals surface area contributed by atoms with Crippen LogP contribution in [0.2, 0.25) is 0 Å². The van der Waals surface area contributed by atoms with Crippen LogP contribution in [0.3, 0.4) is 0 Å². The molecule has 1 aromatic carbocycles. The molecule has 0 aromatic heterocycles. The summed E-state index contributed by atoms with van der Waals surface area (Å²) < 4.78 is 26.4. The van der Waals surface area contributed by atoms with Gasteiger partial charge in [0.2, 0.25) is 10.0 Å². The van der Waals surface area contributed by atoms with Gasteiger partial charge in [0, 0.05) is 6.54 Å². The monoisotopic (exact) mass is 297 g/mol. The second-order valence-corrected chi connectivity index (χ2v) is 7.48. The predicted octanol–water partition coefficient (Wildman–Crippen LogP) is 1.70. The maximum atomic E-state index is 11.9. The Labute approximate surface area is 121 Å². The fourth-order valence-electron chi connectivity index (χ4n) is 2.73. The number of sulfonamides is 1. The molecule has 5 heteroatoms. The van der Waals surface area contributed by atoms with Gasteiger partial charge in [-0.3, -0.25) is 0 Å². The number of benzene rings is 1. The third-order valence-electron chi connectivity index (χ3n) is 3.78. The predicted molar refractivity (Wildman–Crippen MR) is 79.9 cm³/mol. The highest BCUT2D eigenvalue weighted by Gasteiger charge is 2.22. The molecule has 0 radical (unpaired) electrons. The van der Waals surface area contributed by atoms with Crippen LogP contribution in [0.4, 0.5) is 0 Å². The lowest BCUT2D eigenvalue weighted by molar-refractivity contribution is 0.178. The van der Waals surface area contributed by atoms with Crippen molar-refractivity contribution in [1.82, 2.24) is 4.72 Å². The Morgan fingerprint density at radius 3 is 2.50 bits per heavy atom. The number of rotatable bonds is 7. The van der Waals surface area contributed by atoms with E-state index >= 15 is 0 Å². The summed E-state index contributed by atoms with van der Waals surface area (Å²) in [6.45, 7) is 0.0872. The molecule has 1 aliphatic carbocycles. The van der Waals surface area contributed by atoms with Crippen molar-refractivity contribution < 1.29 is 13.5 Å². The van der Waals surface area contributed by atoms with Gasteiger partial charge in [0.15, 0.2) is 0 Å². The smallest absolute Gasteiger partial charge is 0.211 e. The lowest BCUT2D eigenvalue weighted by Gasteiger charge is -2.14. The molecule has 20 heavy (non-hydrogen) atoms. The molecule has 1 saturated carbocycles. The first-order chi connectivity index (χ1) is 9.55. The molecule has 2 rings (SSSR count). The molecule has 0 bridgehead atoms. The Bertz CT molecular complexity index is 495. The van der Waals surface area contributed by atoms with Crippen molar-refractivity contribution in [2.24, 2.45) is 5.92 Å². The van der Waals surface area contributed by atoms with E-state index in [1.165, 1.54) is 0 Å². The number of hydrogen-bond acceptors (Lipinski definition) is 3. The minimum absolute atomic E-state index is 0.0872. The highest BCUT2D eigenvalue weighted by molar-refractivity contribution is 7.89. The molecule has 1 aliphatic rings. The Morgan fingerprint density at radius 1 is 1.20 bits per heavy atom. The molecule has 0 spiro atoms. The second kappa shape index (κ2) is 7.20. The third kappa shape index (κ3) is 5.23.